The van der Waals surface area contributed by atoms with Crippen molar-refractivity contribution in [1.29, 1.82) is 0 Å². The van der Waals surface area contributed by atoms with E-state index < -0.39 is 0 Å². The van der Waals surface area contributed by atoms with Crippen molar-refractivity contribution in [2.24, 2.45) is 0 Å². The van der Waals surface area contributed by atoms with E-state index in [4.69, 9.17) is 17.0 Å². The van der Waals surface area contributed by atoms with Crippen LogP contribution in [0.1, 0.15) is 19.4 Å². The molecule has 0 aromatic heterocycles. The second-order valence-electron chi connectivity index (χ2n) is 4.48. The third kappa shape index (κ3) is 2.76. The summed E-state index contributed by atoms with van der Waals surface area (Å²) in [7, 11) is 0. The number of phenols is 1. The zero-order chi connectivity index (χ0) is 12.4. The van der Waals surface area contributed by atoms with E-state index in [9.17, 15) is 5.11 Å². The predicted octanol–water partition coefficient (Wildman–Crippen LogP) is 2.18. The average Bonchev–Trinajstić information content (AvgIpc) is 2.27. The summed E-state index contributed by atoms with van der Waals surface area (Å²) >= 11 is 5.44. The van der Waals surface area contributed by atoms with Crippen molar-refractivity contribution in [2.45, 2.75) is 26.1 Å². The molecule has 0 bridgehead atoms. The van der Waals surface area contributed by atoms with Gasteiger partial charge in [-0.25, -0.2) is 0 Å². The van der Waals surface area contributed by atoms with Gasteiger partial charge in [0.1, 0.15) is 10.7 Å². The Hall–Kier alpha value is -1.13. The molecular formula is C13H17NO2S. The van der Waals surface area contributed by atoms with E-state index in [-0.39, 0.29) is 18.0 Å². The Morgan fingerprint density at radius 2 is 1.88 bits per heavy atom. The first-order valence-electron chi connectivity index (χ1n) is 5.80. The van der Waals surface area contributed by atoms with Crippen LogP contribution in [0.5, 0.6) is 5.75 Å². The summed E-state index contributed by atoms with van der Waals surface area (Å²) in [5.41, 5.74) is 0.726. The van der Waals surface area contributed by atoms with E-state index in [2.05, 4.69) is 4.90 Å². The Bertz CT molecular complexity index is 412. The molecular weight excluding hydrogens is 234 g/mol. The number of ether oxygens (including phenoxy) is 1. The number of hydrogen-bond acceptors (Lipinski definition) is 3. The molecule has 0 amide bonds. The zero-order valence-electron chi connectivity index (χ0n) is 10.1. The molecule has 0 radical (unpaired) electrons. The molecule has 1 saturated heterocycles. The predicted molar refractivity (Wildman–Crippen MR) is 71.4 cm³/mol. The van der Waals surface area contributed by atoms with Gasteiger partial charge in [0.15, 0.2) is 0 Å². The van der Waals surface area contributed by atoms with Crippen molar-refractivity contribution in [1.82, 2.24) is 4.90 Å². The standard InChI is InChI=1S/C13H17NO2S/c1-9-7-14(8-10(2)16-9)13(17)11-5-3-4-6-12(11)15/h3-6,9-10,15H,7-8H2,1-2H3/t9-,10-/m0/s1. The molecule has 1 aliphatic rings. The summed E-state index contributed by atoms with van der Waals surface area (Å²) in [6.07, 6.45) is 0.338. The Labute approximate surface area is 107 Å². The first-order valence-corrected chi connectivity index (χ1v) is 6.21. The molecule has 0 saturated carbocycles. The molecule has 0 unspecified atom stereocenters. The van der Waals surface area contributed by atoms with Crippen LogP contribution in [0, 0.1) is 0 Å². The van der Waals surface area contributed by atoms with Crippen LogP contribution in [0.4, 0.5) is 0 Å². The number of thiocarbonyl (C=S) groups is 1. The number of para-hydroxylation sites is 1. The first-order chi connectivity index (χ1) is 8.08. The molecule has 0 aliphatic carbocycles. The Morgan fingerprint density at radius 3 is 2.47 bits per heavy atom. The minimum atomic E-state index is 0.169. The van der Waals surface area contributed by atoms with E-state index in [1.165, 1.54) is 0 Å². The molecule has 92 valence electrons. The van der Waals surface area contributed by atoms with Gasteiger partial charge in [-0.2, -0.15) is 0 Å². The highest BCUT2D eigenvalue weighted by molar-refractivity contribution is 7.80. The third-order valence-electron chi connectivity index (χ3n) is 2.84. The van der Waals surface area contributed by atoms with Gasteiger partial charge in [-0.3, -0.25) is 0 Å². The van der Waals surface area contributed by atoms with Gasteiger partial charge in [0.25, 0.3) is 0 Å². The van der Waals surface area contributed by atoms with Crippen LogP contribution >= 0.6 is 12.2 Å². The number of benzene rings is 1. The van der Waals surface area contributed by atoms with E-state index in [1.807, 2.05) is 26.0 Å². The van der Waals surface area contributed by atoms with Crippen molar-refractivity contribution in [2.75, 3.05) is 13.1 Å². The van der Waals surface area contributed by atoms with Crippen LogP contribution in [-0.4, -0.2) is 40.3 Å². The number of morpholine rings is 1. The minimum Gasteiger partial charge on any atom is -0.507 e. The monoisotopic (exact) mass is 251 g/mol. The van der Waals surface area contributed by atoms with Crippen molar-refractivity contribution < 1.29 is 9.84 Å². The number of nitrogens with zero attached hydrogens (tertiary/aromatic N) is 1. The fourth-order valence-electron chi connectivity index (χ4n) is 2.17. The van der Waals surface area contributed by atoms with E-state index in [1.54, 1.807) is 12.1 Å². The van der Waals surface area contributed by atoms with Crippen molar-refractivity contribution in [3.8, 4) is 5.75 Å². The van der Waals surface area contributed by atoms with Gasteiger partial charge in [-0.15, -0.1) is 0 Å². The lowest BCUT2D eigenvalue weighted by Crippen LogP contribution is -2.47. The normalized spacial score (nSPS) is 24.7. The number of phenolic OH excluding ortho intramolecular Hbond substituents is 1. The van der Waals surface area contributed by atoms with Crippen molar-refractivity contribution >= 4 is 17.2 Å². The number of hydrogen-bond donors (Lipinski definition) is 1. The van der Waals surface area contributed by atoms with Gasteiger partial charge in [0, 0.05) is 13.1 Å². The van der Waals surface area contributed by atoms with Gasteiger partial charge < -0.3 is 14.7 Å². The van der Waals surface area contributed by atoms with Gasteiger partial charge in [-0.1, -0.05) is 24.4 Å². The van der Waals surface area contributed by atoms with E-state index in [0.717, 1.165) is 18.7 Å². The molecule has 2 atom stereocenters. The molecule has 0 spiro atoms. The molecule has 4 heteroatoms. The average molecular weight is 251 g/mol. The fourth-order valence-corrected chi connectivity index (χ4v) is 2.49. The molecule has 3 nitrogen and oxygen atoms in total. The van der Waals surface area contributed by atoms with Gasteiger partial charge >= 0.3 is 0 Å². The summed E-state index contributed by atoms with van der Waals surface area (Å²) in [6, 6.07) is 7.19. The smallest absolute Gasteiger partial charge is 0.125 e. The molecule has 1 aromatic carbocycles. The van der Waals surface area contributed by atoms with Crippen LogP contribution in [0.3, 0.4) is 0 Å². The van der Waals surface area contributed by atoms with Gasteiger partial charge in [0.2, 0.25) is 0 Å². The largest absolute Gasteiger partial charge is 0.507 e. The second-order valence-corrected chi connectivity index (χ2v) is 4.87. The van der Waals surface area contributed by atoms with Crippen LogP contribution < -0.4 is 0 Å². The van der Waals surface area contributed by atoms with Crippen molar-refractivity contribution in [3.63, 3.8) is 0 Å². The topological polar surface area (TPSA) is 32.7 Å². The lowest BCUT2D eigenvalue weighted by atomic mass is 10.1. The van der Waals surface area contributed by atoms with Gasteiger partial charge in [-0.05, 0) is 26.0 Å². The number of aromatic hydroxyl groups is 1. The van der Waals surface area contributed by atoms with Crippen LogP contribution in [0.25, 0.3) is 0 Å². The summed E-state index contributed by atoms with van der Waals surface area (Å²) in [4.78, 5) is 2.80. The SMILES string of the molecule is C[C@H]1CN(C(=S)c2ccccc2O)C[C@H](C)O1. The second kappa shape index (κ2) is 5.02. The maximum absolute atomic E-state index is 9.80. The zero-order valence-corrected chi connectivity index (χ0v) is 10.9. The molecule has 2 rings (SSSR count). The molecule has 1 aliphatic heterocycles. The Morgan fingerprint density at radius 1 is 1.29 bits per heavy atom. The lowest BCUT2D eigenvalue weighted by molar-refractivity contribution is -0.0472. The summed E-state index contributed by atoms with van der Waals surface area (Å²) < 4.78 is 5.67. The molecule has 1 fully saturated rings. The first kappa shape index (κ1) is 12.3. The molecule has 1 aromatic rings. The Balaban J connectivity index is 2.17. The maximum Gasteiger partial charge on any atom is 0.125 e. The lowest BCUT2D eigenvalue weighted by Gasteiger charge is -2.37. The highest BCUT2D eigenvalue weighted by Gasteiger charge is 2.25. The molecule has 1 heterocycles. The summed E-state index contributed by atoms with van der Waals surface area (Å²) in [5, 5.41) is 9.80. The van der Waals surface area contributed by atoms with Gasteiger partial charge in [0.05, 0.1) is 17.8 Å². The maximum atomic E-state index is 9.80. The quantitative estimate of drug-likeness (QED) is 0.775. The molecule has 17 heavy (non-hydrogen) atoms. The Kier molecular flexibility index (Phi) is 3.64. The summed E-state index contributed by atoms with van der Waals surface area (Å²) in [5.74, 6) is 0.240. The minimum absolute atomic E-state index is 0.169. The van der Waals surface area contributed by atoms with Crippen LogP contribution in [0.2, 0.25) is 0 Å². The van der Waals surface area contributed by atoms with Crippen LogP contribution in [-0.2, 0) is 4.74 Å². The fraction of sp³-hybridized carbons (Fsp3) is 0.462. The van der Waals surface area contributed by atoms with Crippen LogP contribution in [0.15, 0.2) is 24.3 Å². The highest BCUT2D eigenvalue weighted by Crippen LogP contribution is 2.21. The van der Waals surface area contributed by atoms with E-state index >= 15 is 0 Å². The summed E-state index contributed by atoms with van der Waals surface area (Å²) in [6.45, 7) is 5.63. The molecule has 1 N–H and O–H groups in total. The van der Waals surface area contributed by atoms with E-state index in [0.29, 0.717) is 4.99 Å². The third-order valence-corrected chi connectivity index (χ3v) is 3.32. The highest BCUT2D eigenvalue weighted by atomic mass is 32.1. The van der Waals surface area contributed by atoms with Crippen molar-refractivity contribution in [3.05, 3.63) is 29.8 Å². The number of rotatable bonds is 1.